The summed E-state index contributed by atoms with van der Waals surface area (Å²) in [6, 6.07) is 7.47. The Kier molecular flexibility index (Phi) is 4.76. The van der Waals surface area contributed by atoms with E-state index in [1.54, 1.807) is 0 Å². The minimum absolute atomic E-state index is 0.0975. The lowest BCUT2D eigenvalue weighted by atomic mass is 9.86. The summed E-state index contributed by atoms with van der Waals surface area (Å²) in [5.74, 6) is 1.41. The molecule has 0 radical (unpaired) electrons. The van der Waals surface area contributed by atoms with Crippen LogP contribution in [-0.2, 0) is 4.79 Å². The van der Waals surface area contributed by atoms with Crippen molar-refractivity contribution >= 4 is 17.0 Å². The van der Waals surface area contributed by atoms with Crippen LogP contribution in [0.25, 0.3) is 11.1 Å². The average molecular weight is 300 g/mol. The average Bonchev–Trinajstić information content (AvgIpc) is 2.98. The summed E-state index contributed by atoms with van der Waals surface area (Å²) in [6.45, 7) is 1.92. The highest BCUT2D eigenvalue weighted by molar-refractivity contribution is 5.76. The minimum Gasteiger partial charge on any atom is -0.438 e. The molecular weight excluding hydrogens is 276 g/mol. The number of para-hydroxylation sites is 2. The molecule has 0 saturated heterocycles. The van der Waals surface area contributed by atoms with Gasteiger partial charge in [0.1, 0.15) is 11.6 Å². The van der Waals surface area contributed by atoms with Crippen molar-refractivity contribution in [1.82, 2.24) is 10.3 Å². The predicted octanol–water partition coefficient (Wildman–Crippen LogP) is 4.37. The van der Waals surface area contributed by atoms with E-state index in [1.807, 2.05) is 31.2 Å². The van der Waals surface area contributed by atoms with Crippen molar-refractivity contribution < 1.29 is 9.21 Å². The summed E-state index contributed by atoms with van der Waals surface area (Å²) in [4.78, 5) is 16.5. The van der Waals surface area contributed by atoms with Crippen LogP contribution in [0.2, 0.25) is 0 Å². The van der Waals surface area contributed by atoms with Crippen LogP contribution < -0.4 is 5.32 Å². The minimum atomic E-state index is -0.189. The molecule has 1 amide bonds. The third-order valence-electron chi connectivity index (χ3n) is 4.56. The number of amides is 1. The lowest BCUT2D eigenvalue weighted by molar-refractivity contribution is -0.122. The molecule has 4 nitrogen and oxygen atoms in total. The van der Waals surface area contributed by atoms with Crippen molar-refractivity contribution in [1.29, 1.82) is 0 Å². The second kappa shape index (κ2) is 6.95. The second-order valence-electron chi connectivity index (χ2n) is 6.35. The van der Waals surface area contributed by atoms with Crippen LogP contribution in [0.1, 0.15) is 63.8 Å². The van der Waals surface area contributed by atoms with Gasteiger partial charge < -0.3 is 9.73 Å². The Labute approximate surface area is 131 Å². The highest BCUT2D eigenvalue weighted by Gasteiger charge is 2.18. The number of benzene rings is 1. The first-order valence-corrected chi connectivity index (χ1v) is 8.37. The molecule has 1 saturated carbocycles. The molecule has 2 aromatic rings. The van der Waals surface area contributed by atoms with Gasteiger partial charge in [-0.15, -0.1) is 0 Å². The number of aromatic nitrogens is 1. The van der Waals surface area contributed by atoms with Crippen LogP contribution in [0.5, 0.6) is 0 Å². The zero-order valence-corrected chi connectivity index (χ0v) is 13.2. The molecule has 1 atom stereocenters. The van der Waals surface area contributed by atoms with Gasteiger partial charge in [0.25, 0.3) is 0 Å². The molecule has 1 aromatic carbocycles. The Morgan fingerprint density at radius 2 is 2.09 bits per heavy atom. The van der Waals surface area contributed by atoms with E-state index in [4.69, 9.17) is 4.42 Å². The monoisotopic (exact) mass is 300 g/mol. The van der Waals surface area contributed by atoms with Crippen molar-refractivity contribution in [3.63, 3.8) is 0 Å². The standard InChI is InChI=1S/C18H24N2O2/c1-13(18-20-15-9-5-6-10-16(15)22-18)19-17(21)12-11-14-7-3-2-4-8-14/h5-6,9-10,13-14H,2-4,7-8,11-12H2,1H3,(H,19,21). The third kappa shape index (κ3) is 3.67. The van der Waals surface area contributed by atoms with Crippen LogP contribution in [-0.4, -0.2) is 10.9 Å². The zero-order valence-electron chi connectivity index (χ0n) is 13.2. The van der Waals surface area contributed by atoms with Gasteiger partial charge in [0.2, 0.25) is 11.8 Å². The summed E-state index contributed by atoms with van der Waals surface area (Å²) in [6.07, 6.45) is 8.19. The van der Waals surface area contributed by atoms with Gasteiger partial charge in [-0.1, -0.05) is 44.2 Å². The Balaban J connectivity index is 1.51. The molecule has 1 aliphatic rings. The lowest BCUT2D eigenvalue weighted by Gasteiger charge is -2.21. The van der Waals surface area contributed by atoms with Crippen molar-refractivity contribution in [2.24, 2.45) is 5.92 Å². The van der Waals surface area contributed by atoms with Crippen LogP contribution >= 0.6 is 0 Å². The smallest absolute Gasteiger partial charge is 0.220 e. The number of hydrogen-bond donors (Lipinski definition) is 1. The van der Waals surface area contributed by atoms with E-state index >= 15 is 0 Å². The third-order valence-corrected chi connectivity index (χ3v) is 4.56. The fourth-order valence-electron chi connectivity index (χ4n) is 3.26. The number of hydrogen-bond acceptors (Lipinski definition) is 3. The number of carbonyl (C=O) groups excluding carboxylic acids is 1. The van der Waals surface area contributed by atoms with Gasteiger partial charge in [0.15, 0.2) is 5.58 Å². The quantitative estimate of drug-likeness (QED) is 0.892. The van der Waals surface area contributed by atoms with Crippen molar-refractivity contribution in [3.8, 4) is 0 Å². The number of nitrogens with zero attached hydrogens (tertiary/aromatic N) is 1. The summed E-state index contributed by atoms with van der Waals surface area (Å²) in [5, 5.41) is 3.00. The molecular formula is C18H24N2O2. The molecule has 4 heteroatoms. The Bertz CT molecular complexity index is 596. The maximum absolute atomic E-state index is 12.1. The molecule has 0 aliphatic heterocycles. The lowest BCUT2D eigenvalue weighted by Crippen LogP contribution is -2.27. The van der Waals surface area contributed by atoms with Gasteiger partial charge in [0, 0.05) is 6.42 Å². The first-order chi connectivity index (χ1) is 10.7. The molecule has 22 heavy (non-hydrogen) atoms. The van der Waals surface area contributed by atoms with E-state index in [0.717, 1.165) is 23.4 Å². The van der Waals surface area contributed by atoms with Gasteiger partial charge in [-0.3, -0.25) is 4.79 Å². The van der Waals surface area contributed by atoms with Gasteiger partial charge in [0.05, 0.1) is 0 Å². The van der Waals surface area contributed by atoms with Crippen LogP contribution in [0.15, 0.2) is 28.7 Å². The highest BCUT2D eigenvalue weighted by atomic mass is 16.3. The first-order valence-electron chi connectivity index (χ1n) is 8.37. The van der Waals surface area contributed by atoms with Crippen molar-refractivity contribution in [2.45, 2.75) is 57.9 Å². The Hall–Kier alpha value is -1.84. The Morgan fingerprint density at radius 3 is 2.86 bits per heavy atom. The van der Waals surface area contributed by atoms with Crippen LogP contribution in [0, 0.1) is 5.92 Å². The molecule has 0 spiro atoms. The number of nitrogens with one attached hydrogen (secondary N) is 1. The predicted molar refractivity (Wildman–Crippen MR) is 86.4 cm³/mol. The molecule has 1 fully saturated rings. The zero-order chi connectivity index (χ0) is 15.4. The molecule has 3 rings (SSSR count). The fraction of sp³-hybridized carbons (Fsp3) is 0.556. The molecule has 118 valence electrons. The van der Waals surface area contributed by atoms with Crippen LogP contribution in [0.3, 0.4) is 0 Å². The largest absolute Gasteiger partial charge is 0.438 e. The SMILES string of the molecule is CC(NC(=O)CCC1CCCCC1)c1nc2ccccc2o1. The maximum atomic E-state index is 12.1. The number of fused-ring (bicyclic) bond motifs is 1. The van der Waals surface area contributed by atoms with Crippen molar-refractivity contribution in [2.75, 3.05) is 0 Å². The summed E-state index contributed by atoms with van der Waals surface area (Å²) >= 11 is 0. The summed E-state index contributed by atoms with van der Waals surface area (Å²) < 4.78 is 5.70. The summed E-state index contributed by atoms with van der Waals surface area (Å²) in [5.41, 5.74) is 1.60. The number of oxazole rings is 1. The topological polar surface area (TPSA) is 55.1 Å². The summed E-state index contributed by atoms with van der Waals surface area (Å²) in [7, 11) is 0. The molecule has 1 heterocycles. The van der Waals surface area contributed by atoms with E-state index in [-0.39, 0.29) is 11.9 Å². The van der Waals surface area contributed by atoms with E-state index < -0.39 is 0 Å². The molecule has 1 aromatic heterocycles. The second-order valence-corrected chi connectivity index (χ2v) is 6.35. The van der Waals surface area contributed by atoms with E-state index in [2.05, 4.69) is 10.3 Å². The van der Waals surface area contributed by atoms with Gasteiger partial charge in [-0.05, 0) is 31.4 Å². The molecule has 1 unspecified atom stereocenters. The number of rotatable bonds is 5. The maximum Gasteiger partial charge on any atom is 0.220 e. The fourth-order valence-corrected chi connectivity index (χ4v) is 3.26. The van der Waals surface area contributed by atoms with Gasteiger partial charge >= 0.3 is 0 Å². The normalized spacial score (nSPS) is 17.5. The Morgan fingerprint density at radius 1 is 1.32 bits per heavy atom. The highest BCUT2D eigenvalue weighted by Crippen LogP contribution is 2.27. The van der Waals surface area contributed by atoms with Crippen LogP contribution in [0.4, 0.5) is 0 Å². The first kappa shape index (κ1) is 15.1. The van der Waals surface area contributed by atoms with Gasteiger partial charge in [-0.2, -0.15) is 0 Å². The molecule has 1 N–H and O–H groups in total. The number of carbonyl (C=O) groups is 1. The van der Waals surface area contributed by atoms with E-state index in [1.165, 1.54) is 32.1 Å². The molecule has 1 aliphatic carbocycles. The van der Waals surface area contributed by atoms with Gasteiger partial charge in [-0.25, -0.2) is 4.98 Å². The van der Waals surface area contributed by atoms with Crippen molar-refractivity contribution in [3.05, 3.63) is 30.2 Å². The van der Waals surface area contributed by atoms with E-state index in [0.29, 0.717) is 12.3 Å². The van der Waals surface area contributed by atoms with E-state index in [9.17, 15) is 4.79 Å². The molecule has 0 bridgehead atoms.